The molecule has 1 N–H and O–H groups in total. The van der Waals surface area contributed by atoms with Gasteiger partial charge < -0.3 is 5.11 Å². The molecule has 2 saturated carbocycles. The molecule has 23 heavy (non-hydrogen) atoms. The van der Waals surface area contributed by atoms with E-state index in [1.54, 1.807) is 5.57 Å². The predicted molar refractivity (Wildman–Crippen MR) is 91.9 cm³/mol. The van der Waals surface area contributed by atoms with Crippen LogP contribution in [0, 0.1) is 29.1 Å². The molecule has 0 aromatic rings. The fourth-order valence-electron chi connectivity index (χ4n) is 6.78. The van der Waals surface area contributed by atoms with Crippen LogP contribution in [0.4, 0.5) is 0 Å². The van der Waals surface area contributed by atoms with Gasteiger partial charge in [-0.15, -0.1) is 6.58 Å². The first-order chi connectivity index (χ1) is 11.0. The van der Waals surface area contributed by atoms with E-state index in [-0.39, 0.29) is 11.5 Å². The summed E-state index contributed by atoms with van der Waals surface area (Å²) in [5, 5.41) is 10.6. The lowest BCUT2D eigenvalue weighted by molar-refractivity contribution is -0.119. The fraction of sp³-hybridized carbons (Fsp3) is 0.762. The van der Waals surface area contributed by atoms with E-state index in [0.29, 0.717) is 23.5 Å². The lowest BCUT2D eigenvalue weighted by Gasteiger charge is -2.55. The first kappa shape index (κ1) is 15.6. The van der Waals surface area contributed by atoms with Gasteiger partial charge in [0.1, 0.15) is 5.78 Å². The summed E-state index contributed by atoms with van der Waals surface area (Å²) in [6.45, 7) is 6.35. The first-order valence-electron chi connectivity index (χ1n) is 9.56. The highest BCUT2D eigenvalue weighted by atomic mass is 16.3. The number of fused-ring (bicyclic) bond motifs is 4. The van der Waals surface area contributed by atoms with Crippen LogP contribution in [0.2, 0.25) is 0 Å². The van der Waals surface area contributed by atoms with Crippen molar-refractivity contribution < 1.29 is 9.90 Å². The van der Waals surface area contributed by atoms with Gasteiger partial charge in [0.2, 0.25) is 0 Å². The molecular formula is C21H30O2. The van der Waals surface area contributed by atoms with Gasteiger partial charge >= 0.3 is 0 Å². The Labute approximate surface area is 140 Å². The summed E-state index contributed by atoms with van der Waals surface area (Å²) < 4.78 is 0. The van der Waals surface area contributed by atoms with Crippen molar-refractivity contribution in [3.05, 3.63) is 23.8 Å². The van der Waals surface area contributed by atoms with E-state index in [4.69, 9.17) is 0 Å². The molecule has 0 bridgehead atoms. The van der Waals surface area contributed by atoms with Crippen molar-refractivity contribution in [3.8, 4) is 0 Å². The standard InChI is InChI=1S/C21H30O2/c1-3-4-14-12-21(2)18(9-10-19(21)23)17-7-5-13-11-15(22)6-8-16(13)20(14)17/h3,14,17-20,23H,1,4-12H2,2H3/t14-,17?,18?,19-,20?,21-/m0/s1. The summed E-state index contributed by atoms with van der Waals surface area (Å²) in [6, 6.07) is 0. The third-order valence-corrected chi connectivity index (χ3v) is 7.74. The highest BCUT2D eigenvalue weighted by Gasteiger charge is 2.57. The van der Waals surface area contributed by atoms with E-state index in [1.165, 1.54) is 18.4 Å². The van der Waals surface area contributed by atoms with Gasteiger partial charge in [-0.3, -0.25) is 4.79 Å². The first-order valence-corrected chi connectivity index (χ1v) is 9.56. The zero-order chi connectivity index (χ0) is 16.2. The smallest absolute Gasteiger partial charge is 0.137 e. The highest BCUT2D eigenvalue weighted by Crippen LogP contribution is 2.63. The number of allylic oxidation sites excluding steroid dienone is 3. The Morgan fingerprint density at radius 1 is 1.26 bits per heavy atom. The minimum Gasteiger partial charge on any atom is -0.393 e. The van der Waals surface area contributed by atoms with Crippen LogP contribution in [0.25, 0.3) is 0 Å². The summed E-state index contributed by atoms with van der Waals surface area (Å²) in [5.41, 5.74) is 3.24. The molecule has 0 saturated heterocycles. The third kappa shape index (κ3) is 2.28. The summed E-state index contributed by atoms with van der Waals surface area (Å²) in [6.07, 6.45) is 11.2. The summed E-state index contributed by atoms with van der Waals surface area (Å²) in [5.74, 6) is 3.12. The summed E-state index contributed by atoms with van der Waals surface area (Å²) >= 11 is 0. The molecule has 0 aliphatic heterocycles. The molecule has 0 amide bonds. The van der Waals surface area contributed by atoms with Crippen molar-refractivity contribution in [1.29, 1.82) is 0 Å². The van der Waals surface area contributed by atoms with Crippen LogP contribution in [0.1, 0.15) is 64.7 Å². The Hall–Kier alpha value is -0.890. The number of hydrogen-bond acceptors (Lipinski definition) is 2. The number of aliphatic hydroxyl groups is 1. The van der Waals surface area contributed by atoms with Crippen molar-refractivity contribution in [2.75, 3.05) is 0 Å². The third-order valence-electron chi connectivity index (χ3n) is 7.74. The molecule has 0 aromatic heterocycles. The molecule has 0 spiro atoms. The van der Waals surface area contributed by atoms with Gasteiger partial charge in [-0.2, -0.15) is 0 Å². The van der Waals surface area contributed by atoms with Crippen LogP contribution in [0.3, 0.4) is 0 Å². The quantitative estimate of drug-likeness (QED) is 0.765. The molecule has 0 heterocycles. The number of hydrogen-bond donors (Lipinski definition) is 1. The molecule has 4 rings (SSSR count). The SMILES string of the molecule is C=CC[C@H]1C[C@@]2(C)C(CC[C@@H]2O)C2CCC3=C(CCC(=O)C3)C21. The Morgan fingerprint density at radius 2 is 2.09 bits per heavy atom. The summed E-state index contributed by atoms with van der Waals surface area (Å²) in [4.78, 5) is 11.9. The van der Waals surface area contributed by atoms with Gasteiger partial charge in [0.05, 0.1) is 6.10 Å². The molecule has 2 heteroatoms. The van der Waals surface area contributed by atoms with Crippen molar-refractivity contribution >= 4 is 5.78 Å². The van der Waals surface area contributed by atoms with E-state index in [1.807, 2.05) is 0 Å². The Morgan fingerprint density at radius 3 is 2.87 bits per heavy atom. The second kappa shape index (κ2) is 5.58. The maximum Gasteiger partial charge on any atom is 0.137 e. The molecule has 3 unspecified atom stereocenters. The number of aliphatic hydroxyl groups excluding tert-OH is 1. The topological polar surface area (TPSA) is 37.3 Å². The molecule has 2 nitrogen and oxygen atoms in total. The second-order valence-electron chi connectivity index (χ2n) is 8.77. The minimum absolute atomic E-state index is 0.109. The van der Waals surface area contributed by atoms with Crippen LogP contribution in [0.15, 0.2) is 23.8 Å². The van der Waals surface area contributed by atoms with Gasteiger partial charge in [-0.25, -0.2) is 0 Å². The van der Waals surface area contributed by atoms with E-state index in [2.05, 4.69) is 19.6 Å². The van der Waals surface area contributed by atoms with E-state index >= 15 is 0 Å². The maximum atomic E-state index is 11.9. The van der Waals surface area contributed by atoms with Crippen molar-refractivity contribution in [2.45, 2.75) is 70.8 Å². The molecule has 2 fully saturated rings. The molecule has 4 aliphatic rings. The number of rotatable bonds is 2. The minimum atomic E-state index is -0.121. The second-order valence-corrected chi connectivity index (χ2v) is 8.77. The number of ketones is 1. The molecule has 0 radical (unpaired) electrons. The fourth-order valence-corrected chi connectivity index (χ4v) is 6.78. The number of carbonyl (C=O) groups excluding carboxylic acids is 1. The molecule has 4 aliphatic carbocycles. The largest absolute Gasteiger partial charge is 0.393 e. The summed E-state index contributed by atoms with van der Waals surface area (Å²) in [7, 11) is 0. The number of Topliss-reactive ketones (excluding diaryl/α,β-unsaturated/α-hetero) is 1. The number of carbonyl (C=O) groups is 1. The van der Waals surface area contributed by atoms with Gasteiger partial charge in [0, 0.05) is 12.8 Å². The molecular weight excluding hydrogens is 284 g/mol. The van der Waals surface area contributed by atoms with Crippen LogP contribution >= 0.6 is 0 Å². The van der Waals surface area contributed by atoms with Crippen LogP contribution in [-0.4, -0.2) is 17.0 Å². The van der Waals surface area contributed by atoms with Crippen molar-refractivity contribution in [1.82, 2.24) is 0 Å². The van der Waals surface area contributed by atoms with Crippen LogP contribution < -0.4 is 0 Å². The highest BCUT2D eigenvalue weighted by molar-refractivity contribution is 5.82. The average molecular weight is 314 g/mol. The van der Waals surface area contributed by atoms with E-state index < -0.39 is 0 Å². The predicted octanol–water partition coefficient (Wildman–Crippen LogP) is 4.44. The van der Waals surface area contributed by atoms with Gasteiger partial charge in [-0.05, 0) is 74.0 Å². The van der Waals surface area contributed by atoms with Crippen molar-refractivity contribution in [2.24, 2.45) is 29.1 Å². The average Bonchev–Trinajstić information content (AvgIpc) is 2.82. The lowest BCUT2D eigenvalue weighted by atomic mass is 9.50. The van der Waals surface area contributed by atoms with E-state index in [0.717, 1.165) is 50.9 Å². The van der Waals surface area contributed by atoms with E-state index in [9.17, 15) is 9.90 Å². The van der Waals surface area contributed by atoms with Crippen LogP contribution in [0.5, 0.6) is 0 Å². The molecule has 126 valence electrons. The normalized spacial score (nSPS) is 46.2. The lowest BCUT2D eigenvalue weighted by Crippen LogP contribution is -2.49. The Bertz CT molecular complexity index is 560. The maximum absolute atomic E-state index is 11.9. The van der Waals surface area contributed by atoms with Crippen molar-refractivity contribution in [3.63, 3.8) is 0 Å². The molecule has 0 aromatic carbocycles. The van der Waals surface area contributed by atoms with Gasteiger partial charge in [-0.1, -0.05) is 24.1 Å². The van der Waals surface area contributed by atoms with Crippen LogP contribution in [-0.2, 0) is 4.79 Å². The van der Waals surface area contributed by atoms with Gasteiger partial charge in [0.25, 0.3) is 0 Å². The monoisotopic (exact) mass is 314 g/mol. The zero-order valence-electron chi connectivity index (χ0n) is 14.4. The molecule has 6 atom stereocenters. The Kier molecular flexibility index (Phi) is 3.79. The van der Waals surface area contributed by atoms with Gasteiger partial charge in [0.15, 0.2) is 0 Å². The Balaban J connectivity index is 1.73. The zero-order valence-corrected chi connectivity index (χ0v) is 14.4.